The number of anilines is 1. The average Bonchev–Trinajstić information content (AvgIpc) is 2.35. The number of carbonyl (C=O) groups excluding carboxylic acids is 2. The molecule has 2 rings (SSSR count). The zero-order valence-electron chi connectivity index (χ0n) is 10.3. The summed E-state index contributed by atoms with van der Waals surface area (Å²) in [6, 6.07) is 5.51. The minimum absolute atomic E-state index is 0.200. The van der Waals surface area contributed by atoms with Crippen molar-refractivity contribution in [1.82, 2.24) is 5.32 Å². The smallest absolute Gasteiger partial charge is 0.249 e. The largest absolute Gasteiger partial charge is 0.374 e. The van der Waals surface area contributed by atoms with Gasteiger partial charge in [0.2, 0.25) is 11.8 Å². The van der Waals surface area contributed by atoms with Crippen molar-refractivity contribution in [3.63, 3.8) is 0 Å². The number of piperidine rings is 1. The minimum atomic E-state index is -0.344. The molecule has 0 saturated carbocycles. The van der Waals surface area contributed by atoms with Crippen LogP contribution in [-0.2, 0) is 9.59 Å². The van der Waals surface area contributed by atoms with Gasteiger partial charge in [-0.2, -0.15) is 0 Å². The van der Waals surface area contributed by atoms with E-state index in [0.29, 0.717) is 12.8 Å². The van der Waals surface area contributed by atoms with Crippen molar-refractivity contribution in [1.29, 1.82) is 0 Å². The number of imide groups is 1. The SMILES string of the molecule is C=Cc1cc(NC2CCC(=O)NC2=O)ccc1C. The Bertz CT molecular complexity index is 509. The Labute approximate surface area is 106 Å². The number of benzene rings is 1. The highest BCUT2D eigenvalue weighted by molar-refractivity contribution is 6.01. The number of nitrogens with one attached hydrogen (secondary N) is 2. The molecule has 1 saturated heterocycles. The van der Waals surface area contributed by atoms with Crippen molar-refractivity contribution >= 4 is 23.6 Å². The summed E-state index contributed by atoms with van der Waals surface area (Å²) in [6.07, 6.45) is 2.69. The molecule has 1 aliphatic heterocycles. The van der Waals surface area contributed by atoms with Crippen LogP contribution < -0.4 is 10.6 Å². The van der Waals surface area contributed by atoms with Crippen LogP contribution in [0.3, 0.4) is 0 Å². The predicted octanol–water partition coefficient (Wildman–Crippen LogP) is 1.86. The van der Waals surface area contributed by atoms with Gasteiger partial charge in [0.1, 0.15) is 6.04 Å². The van der Waals surface area contributed by atoms with E-state index in [0.717, 1.165) is 16.8 Å². The van der Waals surface area contributed by atoms with E-state index in [2.05, 4.69) is 17.2 Å². The molecule has 4 heteroatoms. The van der Waals surface area contributed by atoms with Gasteiger partial charge in [0.05, 0.1) is 0 Å². The first-order chi connectivity index (χ1) is 8.60. The Kier molecular flexibility index (Phi) is 3.46. The quantitative estimate of drug-likeness (QED) is 0.798. The summed E-state index contributed by atoms with van der Waals surface area (Å²) in [7, 11) is 0. The Morgan fingerprint density at radius 3 is 2.89 bits per heavy atom. The Balaban J connectivity index is 2.12. The first-order valence-electron chi connectivity index (χ1n) is 5.93. The summed E-state index contributed by atoms with van der Waals surface area (Å²) in [5.74, 6) is -0.458. The molecule has 1 unspecified atom stereocenters. The molecule has 1 heterocycles. The van der Waals surface area contributed by atoms with Crippen molar-refractivity contribution in [3.05, 3.63) is 35.9 Å². The summed E-state index contributed by atoms with van der Waals surface area (Å²) in [6.45, 7) is 5.76. The standard InChI is InChI=1S/C14H16N2O2/c1-3-10-8-11(5-4-9(10)2)15-12-6-7-13(17)16-14(12)18/h3-5,8,12,15H,1,6-7H2,2H3,(H,16,17,18). The fraction of sp³-hybridized carbons (Fsp3) is 0.286. The molecule has 0 spiro atoms. The molecule has 4 nitrogen and oxygen atoms in total. The summed E-state index contributed by atoms with van der Waals surface area (Å²) < 4.78 is 0. The second-order valence-electron chi connectivity index (χ2n) is 4.42. The van der Waals surface area contributed by atoms with Crippen LogP contribution in [0, 0.1) is 6.92 Å². The maximum absolute atomic E-state index is 11.6. The van der Waals surface area contributed by atoms with E-state index in [1.54, 1.807) is 6.08 Å². The molecule has 1 fully saturated rings. The van der Waals surface area contributed by atoms with Crippen LogP contribution >= 0.6 is 0 Å². The van der Waals surface area contributed by atoms with Gasteiger partial charge in [-0.15, -0.1) is 0 Å². The molecule has 1 atom stereocenters. The van der Waals surface area contributed by atoms with Crippen molar-refractivity contribution < 1.29 is 9.59 Å². The number of hydrogen-bond donors (Lipinski definition) is 2. The zero-order valence-corrected chi connectivity index (χ0v) is 10.3. The number of aryl methyl sites for hydroxylation is 1. The molecule has 0 aromatic heterocycles. The number of hydrogen-bond acceptors (Lipinski definition) is 3. The minimum Gasteiger partial charge on any atom is -0.374 e. The van der Waals surface area contributed by atoms with Gasteiger partial charge in [-0.1, -0.05) is 18.7 Å². The Morgan fingerprint density at radius 2 is 2.22 bits per heavy atom. The van der Waals surface area contributed by atoms with Gasteiger partial charge in [-0.25, -0.2) is 0 Å². The molecule has 1 aromatic carbocycles. The van der Waals surface area contributed by atoms with Crippen LogP contribution in [0.2, 0.25) is 0 Å². The lowest BCUT2D eigenvalue weighted by Crippen LogP contribution is -2.47. The molecule has 2 amide bonds. The molecule has 0 radical (unpaired) electrons. The van der Waals surface area contributed by atoms with Gasteiger partial charge in [0, 0.05) is 12.1 Å². The number of rotatable bonds is 3. The number of amides is 2. The summed E-state index contributed by atoms with van der Waals surface area (Å²) in [5.41, 5.74) is 3.04. The first kappa shape index (κ1) is 12.4. The third-order valence-corrected chi connectivity index (χ3v) is 3.08. The van der Waals surface area contributed by atoms with E-state index >= 15 is 0 Å². The van der Waals surface area contributed by atoms with Crippen molar-refractivity contribution in [3.8, 4) is 0 Å². The summed E-state index contributed by atoms with van der Waals surface area (Å²) >= 11 is 0. The van der Waals surface area contributed by atoms with E-state index in [1.165, 1.54) is 0 Å². The van der Waals surface area contributed by atoms with Crippen LogP contribution in [0.15, 0.2) is 24.8 Å². The van der Waals surface area contributed by atoms with E-state index < -0.39 is 0 Å². The molecular weight excluding hydrogens is 228 g/mol. The van der Waals surface area contributed by atoms with Crippen molar-refractivity contribution in [2.45, 2.75) is 25.8 Å². The van der Waals surface area contributed by atoms with Crippen LogP contribution in [-0.4, -0.2) is 17.9 Å². The van der Waals surface area contributed by atoms with Crippen LogP contribution in [0.1, 0.15) is 24.0 Å². The van der Waals surface area contributed by atoms with Gasteiger partial charge in [-0.05, 0) is 36.6 Å². The maximum Gasteiger partial charge on any atom is 0.249 e. The van der Waals surface area contributed by atoms with E-state index in [4.69, 9.17) is 0 Å². The first-order valence-corrected chi connectivity index (χ1v) is 5.93. The fourth-order valence-electron chi connectivity index (χ4n) is 1.98. The van der Waals surface area contributed by atoms with Crippen molar-refractivity contribution in [2.75, 3.05) is 5.32 Å². The maximum atomic E-state index is 11.6. The third-order valence-electron chi connectivity index (χ3n) is 3.08. The normalized spacial score (nSPS) is 19.3. The van der Waals surface area contributed by atoms with Gasteiger partial charge in [-0.3, -0.25) is 14.9 Å². The van der Waals surface area contributed by atoms with Crippen LogP contribution in [0.5, 0.6) is 0 Å². The summed E-state index contributed by atoms with van der Waals surface area (Å²) in [5, 5.41) is 5.47. The van der Waals surface area contributed by atoms with E-state index in [1.807, 2.05) is 25.1 Å². The average molecular weight is 244 g/mol. The fourth-order valence-corrected chi connectivity index (χ4v) is 1.98. The highest BCUT2D eigenvalue weighted by Gasteiger charge is 2.26. The van der Waals surface area contributed by atoms with E-state index in [-0.39, 0.29) is 17.9 Å². The highest BCUT2D eigenvalue weighted by Crippen LogP contribution is 2.19. The monoisotopic (exact) mass is 244 g/mol. The molecule has 2 N–H and O–H groups in total. The van der Waals surface area contributed by atoms with Crippen LogP contribution in [0.4, 0.5) is 5.69 Å². The Morgan fingerprint density at radius 1 is 1.44 bits per heavy atom. The topological polar surface area (TPSA) is 58.2 Å². The van der Waals surface area contributed by atoms with Gasteiger partial charge < -0.3 is 5.32 Å². The van der Waals surface area contributed by atoms with Gasteiger partial charge in [0.15, 0.2) is 0 Å². The molecule has 0 aliphatic carbocycles. The zero-order chi connectivity index (χ0) is 13.1. The van der Waals surface area contributed by atoms with E-state index in [9.17, 15) is 9.59 Å². The molecule has 18 heavy (non-hydrogen) atoms. The molecule has 1 aliphatic rings. The van der Waals surface area contributed by atoms with Gasteiger partial charge >= 0.3 is 0 Å². The van der Waals surface area contributed by atoms with Crippen LogP contribution in [0.25, 0.3) is 6.08 Å². The van der Waals surface area contributed by atoms with Gasteiger partial charge in [0.25, 0.3) is 0 Å². The second kappa shape index (κ2) is 5.04. The number of carbonyl (C=O) groups is 2. The lowest BCUT2D eigenvalue weighted by atomic mass is 10.0. The third kappa shape index (κ3) is 2.59. The van der Waals surface area contributed by atoms with Crippen molar-refractivity contribution in [2.24, 2.45) is 0 Å². The Hall–Kier alpha value is -2.10. The molecule has 0 bridgehead atoms. The molecular formula is C14H16N2O2. The highest BCUT2D eigenvalue weighted by atomic mass is 16.2. The summed E-state index contributed by atoms with van der Waals surface area (Å²) in [4.78, 5) is 22.7. The predicted molar refractivity (Wildman–Crippen MR) is 71.1 cm³/mol. The molecule has 94 valence electrons. The lowest BCUT2D eigenvalue weighted by Gasteiger charge is -2.23. The molecule has 1 aromatic rings. The lowest BCUT2D eigenvalue weighted by molar-refractivity contribution is -0.133. The second-order valence-corrected chi connectivity index (χ2v) is 4.42.